The van der Waals surface area contributed by atoms with Crippen LogP contribution in [0.2, 0.25) is 0 Å². The van der Waals surface area contributed by atoms with E-state index in [0.717, 1.165) is 11.1 Å². The van der Waals surface area contributed by atoms with E-state index in [4.69, 9.17) is 4.74 Å². The molecule has 7 nitrogen and oxygen atoms in total. The van der Waals surface area contributed by atoms with Gasteiger partial charge in [-0.05, 0) is 18.6 Å². The SMILES string of the molecule is CCNC(=NCc1cccnc1OCc1ccccc1)NCC(=O)N(C)C.I. The number of halogens is 1. The zero-order valence-electron chi connectivity index (χ0n) is 16.5. The zero-order valence-corrected chi connectivity index (χ0v) is 18.8. The van der Waals surface area contributed by atoms with Crippen LogP contribution in [0.15, 0.2) is 53.7 Å². The molecule has 2 N–H and O–H groups in total. The Hall–Kier alpha value is -2.36. The Morgan fingerprint density at radius 2 is 1.89 bits per heavy atom. The number of ether oxygens (including phenoxy) is 1. The first-order chi connectivity index (χ1) is 13.1. The van der Waals surface area contributed by atoms with E-state index in [1.54, 1.807) is 20.3 Å². The van der Waals surface area contributed by atoms with Gasteiger partial charge in [0, 0.05) is 32.4 Å². The second kappa shape index (κ2) is 12.9. The number of guanidine groups is 1. The van der Waals surface area contributed by atoms with Crippen LogP contribution in [0.25, 0.3) is 0 Å². The van der Waals surface area contributed by atoms with Crippen LogP contribution in [-0.2, 0) is 17.9 Å². The van der Waals surface area contributed by atoms with Crippen molar-refractivity contribution in [3.8, 4) is 5.88 Å². The molecular weight excluding hydrogens is 469 g/mol. The van der Waals surface area contributed by atoms with E-state index in [9.17, 15) is 4.79 Å². The van der Waals surface area contributed by atoms with Crippen molar-refractivity contribution < 1.29 is 9.53 Å². The van der Waals surface area contributed by atoms with Crippen molar-refractivity contribution in [2.24, 2.45) is 4.99 Å². The van der Waals surface area contributed by atoms with Gasteiger partial charge in [-0.3, -0.25) is 4.79 Å². The van der Waals surface area contributed by atoms with Crippen LogP contribution in [0.5, 0.6) is 5.88 Å². The van der Waals surface area contributed by atoms with Gasteiger partial charge in [0.05, 0.1) is 13.1 Å². The Labute approximate surface area is 183 Å². The molecular formula is C20H28IN5O2. The largest absolute Gasteiger partial charge is 0.473 e. The Bertz CT molecular complexity index is 753. The average Bonchev–Trinajstić information content (AvgIpc) is 2.69. The molecule has 0 spiro atoms. The van der Waals surface area contributed by atoms with Crippen LogP contribution >= 0.6 is 24.0 Å². The molecule has 0 radical (unpaired) electrons. The number of hydrogen-bond acceptors (Lipinski definition) is 4. The predicted molar refractivity (Wildman–Crippen MR) is 122 cm³/mol. The van der Waals surface area contributed by atoms with Gasteiger partial charge in [0.2, 0.25) is 11.8 Å². The van der Waals surface area contributed by atoms with Crippen molar-refractivity contribution in [2.45, 2.75) is 20.1 Å². The number of carbonyl (C=O) groups excluding carboxylic acids is 1. The summed E-state index contributed by atoms with van der Waals surface area (Å²) < 4.78 is 5.86. The van der Waals surface area contributed by atoms with Crippen LogP contribution in [0, 0.1) is 0 Å². The Balaban J connectivity index is 0.00000392. The number of carbonyl (C=O) groups is 1. The molecule has 152 valence electrons. The molecule has 2 aromatic rings. The van der Waals surface area contributed by atoms with Crippen LogP contribution in [0.3, 0.4) is 0 Å². The first kappa shape index (κ1) is 23.7. The first-order valence-corrected chi connectivity index (χ1v) is 8.93. The van der Waals surface area contributed by atoms with Crippen molar-refractivity contribution in [1.29, 1.82) is 0 Å². The molecule has 28 heavy (non-hydrogen) atoms. The number of nitrogens with zero attached hydrogens (tertiary/aromatic N) is 3. The average molecular weight is 497 g/mol. The normalized spacial score (nSPS) is 10.6. The van der Waals surface area contributed by atoms with Gasteiger partial charge in [0.25, 0.3) is 0 Å². The van der Waals surface area contributed by atoms with Crippen molar-refractivity contribution in [1.82, 2.24) is 20.5 Å². The number of nitrogens with one attached hydrogen (secondary N) is 2. The molecule has 8 heteroatoms. The zero-order chi connectivity index (χ0) is 19.5. The summed E-state index contributed by atoms with van der Waals surface area (Å²) in [6, 6.07) is 13.7. The predicted octanol–water partition coefficient (Wildman–Crippen LogP) is 2.42. The summed E-state index contributed by atoms with van der Waals surface area (Å²) in [7, 11) is 3.44. The Morgan fingerprint density at radius 1 is 1.14 bits per heavy atom. The molecule has 1 heterocycles. The number of pyridine rings is 1. The van der Waals surface area contributed by atoms with Crippen molar-refractivity contribution in [3.05, 3.63) is 59.8 Å². The Kier molecular flexibility index (Phi) is 10.9. The van der Waals surface area contributed by atoms with E-state index in [0.29, 0.717) is 31.5 Å². The molecule has 0 saturated heterocycles. The third-order valence-corrected chi connectivity index (χ3v) is 3.73. The first-order valence-electron chi connectivity index (χ1n) is 8.93. The van der Waals surface area contributed by atoms with Gasteiger partial charge in [-0.2, -0.15) is 0 Å². The van der Waals surface area contributed by atoms with Gasteiger partial charge in [-0.1, -0.05) is 36.4 Å². The number of likely N-dealkylation sites (N-methyl/N-ethyl adjacent to an activating group) is 1. The lowest BCUT2D eigenvalue weighted by atomic mass is 10.2. The van der Waals surface area contributed by atoms with Crippen LogP contribution in [0.4, 0.5) is 0 Å². The van der Waals surface area contributed by atoms with E-state index >= 15 is 0 Å². The maximum absolute atomic E-state index is 11.8. The molecule has 0 fully saturated rings. The highest BCUT2D eigenvalue weighted by atomic mass is 127. The summed E-state index contributed by atoms with van der Waals surface area (Å²) in [5, 5.41) is 6.17. The summed E-state index contributed by atoms with van der Waals surface area (Å²) in [5.41, 5.74) is 1.96. The molecule has 0 bridgehead atoms. The molecule has 0 unspecified atom stereocenters. The maximum Gasteiger partial charge on any atom is 0.241 e. The van der Waals surface area contributed by atoms with Gasteiger partial charge in [-0.15, -0.1) is 24.0 Å². The summed E-state index contributed by atoms with van der Waals surface area (Å²) in [6.45, 7) is 3.70. The molecule has 2 rings (SSSR count). The lowest BCUT2D eigenvalue weighted by Crippen LogP contribution is -2.42. The van der Waals surface area contributed by atoms with Crippen LogP contribution in [0.1, 0.15) is 18.1 Å². The number of aromatic nitrogens is 1. The maximum atomic E-state index is 11.8. The lowest BCUT2D eigenvalue weighted by molar-refractivity contribution is -0.127. The lowest BCUT2D eigenvalue weighted by Gasteiger charge is -2.14. The fourth-order valence-corrected chi connectivity index (χ4v) is 2.22. The molecule has 1 aromatic heterocycles. The van der Waals surface area contributed by atoms with E-state index in [2.05, 4.69) is 20.6 Å². The van der Waals surface area contributed by atoms with Gasteiger partial charge in [0.15, 0.2) is 5.96 Å². The Morgan fingerprint density at radius 3 is 2.57 bits per heavy atom. The van der Waals surface area contributed by atoms with Crippen LogP contribution < -0.4 is 15.4 Å². The van der Waals surface area contributed by atoms with E-state index in [-0.39, 0.29) is 36.4 Å². The number of rotatable bonds is 8. The van der Waals surface area contributed by atoms with Gasteiger partial charge < -0.3 is 20.3 Å². The second-order valence-electron chi connectivity index (χ2n) is 6.08. The highest BCUT2D eigenvalue weighted by Crippen LogP contribution is 2.17. The monoisotopic (exact) mass is 497 g/mol. The fraction of sp³-hybridized carbons (Fsp3) is 0.350. The molecule has 0 aliphatic carbocycles. The fourth-order valence-electron chi connectivity index (χ4n) is 2.22. The summed E-state index contributed by atoms with van der Waals surface area (Å²) in [4.78, 5) is 22.1. The third-order valence-electron chi connectivity index (χ3n) is 3.73. The number of benzene rings is 1. The second-order valence-corrected chi connectivity index (χ2v) is 6.08. The third kappa shape index (κ3) is 8.12. The summed E-state index contributed by atoms with van der Waals surface area (Å²) in [5.74, 6) is 1.12. The highest BCUT2D eigenvalue weighted by Gasteiger charge is 2.08. The molecule has 1 aromatic carbocycles. The molecule has 0 aliphatic rings. The standard InChI is InChI=1S/C20H27N5O2.HI/c1-4-21-20(24-14-18(26)25(2)3)23-13-17-11-8-12-22-19(17)27-15-16-9-6-5-7-10-16;/h5-12H,4,13-15H2,1-3H3,(H2,21,23,24);1H. The summed E-state index contributed by atoms with van der Waals surface area (Å²) >= 11 is 0. The molecule has 0 saturated carbocycles. The van der Waals surface area contributed by atoms with E-state index < -0.39 is 0 Å². The minimum Gasteiger partial charge on any atom is -0.473 e. The van der Waals surface area contributed by atoms with Crippen LogP contribution in [-0.4, -0.2) is 48.9 Å². The topological polar surface area (TPSA) is 78.9 Å². The van der Waals surface area contributed by atoms with Crippen molar-refractivity contribution >= 4 is 35.8 Å². The van der Waals surface area contributed by atoms with Crippen molar-refractivity contribution in [2.75, 3.05) is 27.2 Å². The van der Waals surface area contributed by atoms with Gasteiger partial charge >= 0.3 is 0 Å². The minimum absolute atomic E-state index is 0. The number of hydrogen-bond donors (Lipinski definition) is 2. The van der Waals surface area contributed by atoms with Gasteiger partial charge in [-0.25, -0.2) is 9.98 Å². The van der Waals surface area contributed by atoms with Gasteiger partial charge in [0.1, 0.15) is 6.61 Å². The number of aliphatic imine (C=N–C) groups is 1. The summed E-state index contributed by atoms with van der Waals surface area (Å²) in [6.07, 6.45) is 1.70. The quantitative estimate of drug-likeness (QED) is 0.333. The number of amides is 1. The van der Waals surface area contributed by atoms with Crippen molar-refractivity contribution in [3.63, 3.8) is 0 Å². The van der Waals surface area contributed by atoms with E-state index in [1.165, 1.54) is 4.90 Å². The highest BCUT2D eigenvalue weighted by molar-refractivity contribution is 14.0. The molecule has 0 aliphatic heterocycles. The molecule has 0 atom stereocenters. The molecule has 1 amide bonds. The van der Waals surface area contributed by atoms with E-state index in [1.807, 2.05) is 49.4 Å². The minimum atomic E-state index is -0.0196. The smallest absolute Gasteiger partial charge is 0.241 e.